The average molecular weight is 366 g/mol. The third-order valence-corrected chi connectivity index (χ3v) is 4.97. The molecule has 1 aromatic carbocycles. The Kier molecular flexibility index (Phi) is 4.24. The van der Waals surface area contributed by atoms with E-state index in [1.165, 1.54) is 4.68 Å². The Morgan fingerprint density at radius 3 is 2.35 bits per heavy atom. The molecule has 5 nitrogen and oxygen atoms in total. The highest BCUT2D eigenvalue weighted by Gasteiger charge is 2.48. The first-order chi connectivity index (χ1) is 12.0. The van der Waals surface area contributed by atoms with Gasteiger partial charge in [0.15, 0.2) is 0 Å². The lowest BCUT2D eigenvalue weighted by Gasteiger charge is -2.26. The van der Waals surface area contributed by atoms with E-state index >= 15 is 0 Å². The summed E-state index contributed by atoms with van der Waals surface area (Å²) in [5.74, 6) is -1.12. The molecule has 8 heteroatoms. The number of hydrogen-bond donors (Lipinski definition) is 2. The number of nitrogens with zero attached hydrogens (tertiary/aromatic N) is 2. The number of halogens is 3. The van der Waals surface area contributed by atoms with E-state index in [-0.39, 0.29) is 22.8 Å². The third kappa shape index (κ3) is 3.40. The van der Waals surface area contributed by atoms with Gasteiger partial charge >= 0.3 is 6.18 Å². The standard InChI is InChI=1S/C18H21F3N4O/c1-10-3-5-11(6-4-10)14(17(2)7-8-17)25-15(22)13(16(23)26)12(24-25)9-18(19,20)21/h3-6,14H,7-9,22H2,1-2H3,(H2,23,26). The minimum absolute atomic E-state index is 0.115. The van der Waals surface area contributed by atoms with Crippen LogP contribution in [0.25, 0.3) is 0 Å². The summed E-state index contributed by atoms with van der Waals surface area (Å²) in [6.07, 6.45) is -4.07. The molecule has 1 saturated carbocycles. The minimum atomic E-state index is -4.52. The first-order valence-electron chi connectivity index (χ1n) is 8.32. The Hall–Kier alpha value is -2.51. The van der Waals surface area contributed by atoms with Crippen molar-refractivity contribution in [3.05, 3.63) is 46.6 Å². The Balaban J connectivity index is 2.14. The van der Waals surface area contributed by atoms with E-state index in [4.69, 9.17) is 11.5 Å². The van der Waals surface area contributed by atoms with E-state index in [1.54, 1.807) is 0 Å². The molecule has 26 heavy (non-hydrogen) atoms. The van der Waals surface area contributed by atoms with Crippen LogP contribution in [0.3, 0.4) is 0 Å². The number of anilines is 1. The van der Waals surface area contributed by atoms with Crippen molar-refractivity contribution in [1.29, 1.82) is 0 Å². The molecule has 2 aromatic rings. The van der Waals surface area contributed by atoms with Crippen LogP contribution in [-0.4, -0.2) is 21.9 Å². The van der Waals surface area contributed by atoms with Crippen molar-refractivity contribution in [1.82, 2.24) is 9.78 Å². The largest absolute Gasteiger partial charge is 0.394 e. The maximum absolute atomic E-state index is 12.9. The van der Waals surface area contributed by atoms with E-state index in [0.29, 0.717) is 0 Å². The zero-order valence-corrected chi connectivity index (χ0v) is 14.6. The van der Waals surface area contributed by atoms with Crippen LogP contribution in [0.1, 0.15) is 53.0 Å². The summed E-state index contributed by atoms with van der Waals surface area (Å²) in [5.41, 5.74) is 12.3. The van der Waals surface area contributed by atoms with Crippen LogP contribution in [0.2, 0.25) is 0 Å². The fraction of sp³-hybridized carbons (Fsp3) is 0.444. The Labute approximate surface area is 149 Å². The molecule has 1 aromatic heterocycles. The smallest absolute Gasteiger partial charge is 0.383 e. The molecule has 1 atom stereocenters. The monoisotopic (exact) mass is 366 g/mol. The number of aromatic nitrogens is 2. The van der Waals surface area contributed by atoms with E-state index < -0.39 is 24.2 Å². The fourth-order valence-electron chi connectivity index (χ4n) is 3.33. The topological polar surface area (TPSA) is 86.9 Å². The van der Waals surface area contributed by atoms with Crippen molar-refractivity contribution in [3.8, 4) is 0 Å². The van der Waals surface area contributed by atoms with Crippen molar-refractivity contribution in [2.45, 2.75) is 45.3 Å². The number of aryl methyl sites for hydroxylation is 1. The summed E-state index contributed by atoms with van der Waals surface area (Å²) in [6, 6.07) is 7.33. The predicted molar refractivity (Wildman–Crippen MR) is 91.6 cm³/mol. The van der Waals surface area contributed by atoms with Crippen LogP contribution >= 0.6 is 0 Å². The van der Waals surface area contributed by atoms with Gasteiger partial charge in [0.2, 0.25) is 0 Å². The van der Waals surface area contributed by atoms with Gasteiger partial charge in [-0.2, -0.15) is 18.3 Å². The molecule has 3 rings (SSSR count). The number of benzene rings is 1. The lowest BCUT2D eigenvalue weighted by Crippen LogP contribution is -2.23. The Morgan fingerprint density at radius 1 is 1.31 bits per heavy atom. The molecule has 0 saturated heterocycles. The molecule has 140 valence electrons. The van der Waals surface area contributed by atoms with Gasteiger partial charge in [0.1, 0.15) is 11.4 Å². The van der Waals surface area contributed by atoms with Crippen molar-refractivity contribution in [2.75, 3.05) is 5.73 Å². The van der Waals surface area contributed by atoms with Crippen LogP contribution in [0.5, 0.6) is 0 Å². The number of rotatable bonds is 5. The molecule has 0 radical (unpaired) electrons. The highest BCUT2D eigenvalue weighted by Crippen LogP contribution is 2.56. The minimum Gasteiger partial charge on any atom is -0.383 e. The molecule has 1 heterocycles. The van der Waals surface area contributed by atoms with E-state index in [0.717, 1.165) is 24.0 Å². The van der Waals surface area contributed by atoms with Gasteiger partial charge < -0.3 is 11.5 Å². The second-order valence-corrected chi connectivity index (χ2v) is 7.27. The van der Waals surface area contributed by atoms with Crippen LogP contribution in [-0.2, 0) is 6.42 Å². The highest BCUT2D eigenvalue weighted by molar-refractivity contribution is 5.98. The number of carbonyl (C=O) groups is 1. The van der Waals surface area contributed by atoms with E-state index in [9.17, 15) is 18.0 Å². The SMILES string of the molecule is Cc1ccc(C(n2nc(CC(F)(F)F)c(C(N)=O)c2N)C2(C)CC2)cc1. The average Bonchev–Trinajstić information content (AvgIpc) is 3.16. The normalized spacial score (nSPS) is 17.1. The van der Waals surface area contributed by atoms with Gasteiger partial charge in [-0.1, -0.05) is 36.8 Å². The number of hydrogen-bond acceptors (Lipinski definition) is 3. The number of nitrogen functional groups attached to an aromatic ring is 1. The van der Waals surface area contributed by atoms with Crippen LogP contribution in [0, 0.1) is 12.3 Å². The summed E-state index contributed by atoms with van der Waals surface area (Å²) in [7, 11) is 0. The molecular weight excluding hydrogens is 345 g/mol. The second-order valence-electron chi connectivity index (χ2n) is 7.27. The third-order valence-electron chi connectivity index (χ3n) is 4.97. The first-order valence-corrected chi connectivity index (χ1v) is 8.32. The van der Waals surface area contributed by atoms with Gasteiger partial charge in [-0.25, -0.2) is 4.68 Å². The first kappa shape index (κ1) is 18.3. The van der Waals surface area contributed by atoms with E-state index in [1.807, 2.05) is 38.1 Å². The number of nitrogens with two attached hydrogens (primary N) is 2. The summed E-state index contributed by atoms with van der Waals surface area (Å²) in [6.45, 7) is 3.98. The van der Waals surface area contributed by atoms with Gasteiger partial charge in [-0.3, -0.25) is 4.79 Å². The highest BCUT2D eigenvalue weighted by atomic mass is 19.4. The van der Waals surface area contributed by atoms with Gasteiger partial charge in [-0.05, 0) is 30.7 Å². The maximum Gasteiger partial charge on any atom is 0.394 e. The molecule has 0 spiro atoms. The molecule has 1 aliphatic carbocycles. The van der Waals surface area contributed by atoms with Gasteiger partial charge in [0, 0.05) is 0 Å². The lowest BCUT2D eigenvalue weighted by atomic mass is 9.91. The summed E-state index contributed by atoms with van der Waals surface area (Å²) in [4.78, 5) is 11.7. The van der Waals surface area contributed by atoms with Crippen molar-refractivity contribution in [2.24, 2.45) is 11.1 Å². The lowest BCUT2D eigenvalue weighted by molar-refractivity contribution is -0.127. The fourth-order valence-corrected chi connectivity index (χ4v) is 3.33. The predicted octanol–water partition coefficient (Wildman–Crippen LogP) is 3.37. The van der Waals surface area contributed by atoms with E-state index in [2.05, 4.69) is 5.10 Å². The molecular formula is C18H21F3N4O. The quantitative estimate of drug-likeness (QED) is 0.851. The molecule has 1 aliphatic rings. The van der Waals surface area contributed by atoms with Crippen LogP contribution in [0.15, 0.2) is 24.3 Å². The zero-order chi connectivity index (χ0) is 19.3. The number of alkyl halides is 3. The summed E-state index contributed by atoms with van der Waals surface area (Å²) >= 11 is 0. The summed E-state index contributed by atoms with van der Waals surface area (Å²) < 4.78 is 40.0. The molecule has 1 fully saturated rings. The molecule has 1 amide bonds. The van der Waals surface area contributed by atoms with Crippen molar-refractivity contribution in [3.63, 3.8) is 0 Å². The van der Waals surface area contributed by atoms with Crippen molar-refractivity contribution >= 4 is 11.7 Å². The summed E-state index contributed by atoms with van der Waals surface area (Å²) in [5, 5.41) is 4.09. The number of primary amides is 1. The second kappa shape index (κ2) is 6.03. The van der Waals surface area contributed by atoms with Gasteiger partial charge in [0.25, 0.3) is 5.91 Å². The Morgan fingerprint density at radius 2 is 1.88 bits per heavy atom. The van der Waals surface area contributed by atoms with Gasteiger partial charge in [0.05, 0.1) is 18.2 Å². The number of carbonyl (C=O) groups excluding carboxylic acids is 1. The van der Waals surface area contributed by atoms with Gasteiger partial charge in [-0.15, -0.1) is 0 Å². The molecule has 1 unspecified atom stereocenters. The molecule has 0 aliphatic heterocycles. The molecule has 4 N–H and O–H groups in total. The molecule has 0 bridgehead atoms. The van der Waals surface area contributed by atoms with Crippen molar-refractivity contribution < 1.29 is 18.0 Å². The number of amides is 1. The van der Waals surface area contributed by atoms with Crippen LogP contribution < -0.4 is 11.5 Å². The van der Waals surface area contributed by atoms with Crippen LogP contribution in [0.4, 0.5) is 19.0 Å². The zero-order valence-electron chi connectivity index (χ0n) is 14.6. The maximum atomic E-state index is 12.9. The Bertz CT molecular complexity index is 835.